The van der Waals surface area contributed by atoms with E-state index in [9.17, 15) is 13.6 Å². The first-order valence-electron chi connectivity index (χ1n) is 10.9. The van der Waals surface area contributed by atoms with Gasteiger partial charge in [-0.1, -0.05) is 36.4 Å². The molecule has 1 amide bonds. The van der Waals surface area contributed by atoms with Crippen LogP contribution in [0.1, 0.15) is 34.7 Å². The van der Waals surface area contributed by atoms with E-state index in [1.54, 1.807) is 11.6 Å². The van der Waals surface area contributed by atoms with Crippen molar-refractivity contribution in [3.05, 3.63) is 77.0 Å². The van der Waals surface area contributed by atoms with Gasteiger partial charge in [0.05, 0.1) is 5.88 Å². The predicted molar refractivity (Wildman–Crippen MR) is 127 cm³/mol. The first-order valence-corrected chi connectivity index (χ1v) is 12.1. The van der Waals surface area contributed by atoms with Gasteiger partial charge in [0.1, 0.15) is 0 Å². The van der Waals surface area contributed by atoms with Crippen LogP contribution in [-0.4, -0.2) is 43.3 Å². The normalized spacial score (nSPS) is 17.3. The summed E-state index contributed by atoms with van der Waals surface area (Å²) in [5.74, 6) is -0.647. The van der Waals surface area contributed by atoms with Crippen LogP contribution in [0.25, 0.3) is 17.0 Å². The molecular weight excluding hydrogens is 440 g/mol. The summed E-state index contributed by atoms with van der Waals surface area (Å²) in [6, 6.07) is 14.4. The Bertz CT molecular complexity index is 1180. The lowest BCUT2D eigenvalue weighted by Crippen LogP contribution is -2.42. The number of fused-ring (bicyclic) bond motifs is 2. The van der Waals surface area contributed by atoms with E-state index in [1.165, 1.54) is 28.2 Å². The fourth-order valence-electron chi connectivity index (χ4n) is 4.48. The molecule has 1 aliphatic carbocycles. The number of hydrogen-bond donors (Lipinski definition) is 5. The second-order valence-corrected chi connectivity index (χ2v) is 9.08. The second-order valence-electron chi connectivity index (χ2n) is 8.19. The molecule has 0 saturated heterocycles. The Morgan fingerprint density at radius 1 is 1.30 bits per heavy atom. The fraction of sp³-hybridized carbons (Fsp3) is 0.292. The summed E-state index contributed by atoms with van der Waals surface area (Å²) in [7, 11) is 0. The molecule has 0 saturated carbocycles. The zero-order valence-electron chi connectivity index (χ0n) is 18.0. The Labute approximate surface area is 194 Å². The molecule has 8 nitrogen and oxygen atoms in total. The van der Waals surface area contributed by atoms with Gasteiger partial charge in [-0.3, -0.25) is 14.2 Å². The molecule has 0 fully saturated rings. The first kappa shape index (κ1) is 23.3. The van der Waals surface area contributed by atoms with Gasteiger partial charge < -0.3 is 20.2 Å². The summed E-state index contributed by atoms with van der Waals surface area (Å²) >= 11 is -2.14. The van der Waals surface area contributed by atoms with Crippen molar-refractivity contribution in [2.45, 2.75) is 31.3 Å². The summed E-state index contributed by atoms with van der Waals surface area (Å²) in [6.07, 6.45) is 7.59. The van der Waals surface area contributed by atoms with Gasteiger partial charge in [0.2, 0.25) is 0 Å². The summed E-state index contributed by atoms with van der Waals surface area (Å²) in [4.78, 5) is 14.5. The first-order chi connectivity index (χ1) is 16.0. The number of para-hydroxylation sites is 1. The SMILES string of the molecule is O=C(C=Cc1ccc2c(c1)CCC2NC(CNCS(=O)[O-])Cc1c[nH]c2ccccc12)NO. The van der Waals surface area contributed by atoms with Crippen molar-refractivity contribution in [3.63, 3.8) is 0 Å². The van der Waals surface area contributed by atoms with E-state index in [0.717, 1.165) is 30.3 Å². The highest BCUT2D eigenvalue weighted by atomic mass is 32.2. The molecule has 2 aromatic carbocycles. The molecule has 4 rings (SSSR count). The van der Waals surface area contributed by atoms with Gasteiger partial charge in [-0.25, -0.2) is 5.48 Å². The quantitative estimate of drug-likeness (QED) is 0.135. The molecule has 0 radical (unpaired) electrons. The largest absolute Gasteiger partial charge is 0.771 e. The molecule has 0 aliphatic heterocycles. The molecule has 3 aromatic rings. The fourth-order valence-corrected chi connectivity index (χ4v) is 4.76. The zero-order valence-corrected chi connectivity index (χ0v) is 18.9. The third-order valence-electron chi connectivity index (χ3n) is 5.97. The maximum atomic E-state index is 11.2. The minimum absolute atomic E-state index is 0.0385. The Balaban J connectivity index is 1.49. The molecule has 5 N–H and O–H groups in total. The maximum Gasteiger partial charge on any atom is 0.267 e. The van der Waals surface area contributed by atoms with Gasteiger partial charge in [0.25, 0.3) is 5.91 Å². The highest BCUT2D eigenvalue weighted by Gasteiger charge is 2.25. The standard InChI is InChI=1S/C24H28N4O4S/c29-24(28-30)10-6-16-5-8-21-17(11-16)7-9-23(21)27-19(14-25-15-33(31)32)12-18-13-26-22-4-2-1-3-20(18)22/h1-6,8,10-11,13,19,23,25-27,30H,7,9,12,14-15H2,(H,28,29)(H,31,32)/p-1. The van der Waals surface area contributed by atoms with E-state index < -0.39 is 17.0 Å². The van der Waals surface area contributed by atoms with Crippen molar-refractivity contribution in [1.29, 1.82) is 0 Å². The van der Waals surface area contributed by atoms with Crippen LogP contribution in [0.3, 0.4) is 0 Å². The van der Waals surface area contributed by atoms with Crippen molar-refractivity contribution in [2.24, 2.45) is 0 Å². The summed E-state index contributed by atoms with van der Waals surface area (Å²) in [6.45, 7) is 0.524. The molecule has 0 bridgehead atoms. The number of hydroxylamine groups is 1. The zero-order chi connectivity index (χ0) is 23.2. The van der Waals surface area contributed by atoms with Gasteiger partial charge in [-0.15, -0.1) is 0 Å². The Morgan fingerprint density at radius 3 is 2.97 bits per heavy atom. The smallest absolute Gasteiger partial charge is 0.267 e. The van der Waals surface area contributed by atoms with Gasteiger partial charge in [-0.2, -0.15) is 0 Å². The molecule has 9 heteroatoms. The van der Waals surface area contributed by atoms with Crippen LogP contribution >= 0.6 is 0 Å². The Hall–Kier alpha value is -2.82. The van der Waals surface area contributed by atoms with E-state index in [2.05, 4.69) is 33.8 Å². The monoisotopic (exact) mass is 467 g/mol. The molecule has 33 heavy (non-hydrogen) atoms. The van der Waals surface area contributed by atoms with Gasteiger partial charge in [0.15, 0.2) is 0 Å². The number of amides is 1. The Kier molecular flexibility index (Phi) is 7.69. The molecule has 1 heterocycles. The van der Waals surface area contributed by atoms with Crippen molar-refractivity contribution >= 4 is 34.0 Å². The molecule has 0 spiro atoms. The van der Waals surface area contributed by atoms with Crippen molar-refractivity contribution in [3.8, 4) is 0 Å². The van der Waals surface area contributed by atoms with Crippen LogP contribution in [0.2, 0.25) is 0 Å². The highest BCUT2D eigenvalue weighted by Crippen LogP contribution is 2.33. The molecule has 3 unspecified atom stereocenters. The maximum absolute atomic E-state index is 11.2. The van der Waals surface area contributed by atoms with Gasteiger partial charge in [-0.05, 0) is 64.7 Å². The van der Waals surface area contributed by atoms with Crippen LogP contribution in [-0.2, 0) is 28.7 Å². The van der Waals surface area contributed by atoms with E-state index in [0.29, 0.717) is 6.54 Å². The van der Waals surface area contributed by atoms with Crippen LogP contribution < -0.4 is 16.1 Å². The predicted octanol–water partition coefficient (Wildman–Crippen LogP) is 2.30. The number of aromatic amines is 1. The van der Waals surface area contributed by atoms with Gasteiger partial charge >= 0.3 is 0 Å². The molecular formula is C24H27N4O4S-. The van der Waals surface area contributed by atoms with Crippen LogP contribution in [0.5, 0.6) is 0 Å². The molecule has 3 atom stereocenters. The number of H-pyrrole nitrogens is 1. The number of rotatable bonds is 10. The number of nitrogens with one attached hydrogen (secondary N) is 4. The third kappa shape index (κ3) is 5.95. The second kappa shape index (κ2) is 10.9. The summed E-state index contributed by atoms with van der Waals surface area (Å²) in [5, 5.41) is 16.6. The number of aryl methyl sites for hydroxylation is 1. The van der Waals surface area contributed by atoms with E-state index in [-0.39, 0.29) is 18.0 Å². The van der Waals surface area contributed by atoms with Crippen LogP contribution in [0.4, 0.5) is 0 Å². The number of carbonyl (C=O) groups excluding carboxylic acids is 1. The highest BCUT2D eigenvalue weighted by molar-refractivity contribution is 7.79. The lowest BCUT2D eigenvalue weighted by atomic mass is 10.0. The third-order valence-corrected chi connectivity index (χ3v) is 6.41. The van der Waals surface area contributed by atoms with Crippen molar-refractivity contribution < 1.29 is 18.8 Å². The number of carbonyl (C=O) groups is 1. The molecule has 1 aliphatic rings. The summed E-state index contributed by atoms with van der Waals surface area (Å²) < 4.78 is 22.0. The average Bonchev–Trinajstić information content (AvgIpc) is 3.41. The van der Waals surface area contributed by atoms with Crippen molar-refractivity contribution in [2.75, 3.05) is 12.4 Å². The number of aromatic nitrogens is 1. The van der Waals surface area contributed by atoms with E-state index in [1.807, 2.05) is 30.5 Å². The summed E-state index contributed by atoms with van der Waals surface area (Å²) in [5.41, 5.74) is 7.19. The number of hydrogen-bond acceptors (Lipinski definition) is 6. The minimum Gasteiger partial charge on any atom is -0.771 e. The topological polar surface area (TPSA) is 129 Å². The van der Waals surface area contributed by atoms with Crippen LogP contribution in [0.15, 0.2) is 54.7 Å². The minimum atomic E-state index is -2.14. The lowest BCUT2D eigenvalue weighted by Gasteiger charge is -2.24. The lowest BCUT2D eigenvalue weighted by molar-refractivity contribution is -0.124. The van der Waals surface area contributed by atoms with Gasteiger partial charge in [0, 0.05) is 41.8 Å². The average molecular weight is 468 g/mol. The molecule has 174 valence electrons. The van der Waals surface area contributed by atoms with Crippen molar-refractivity contribution in [1.82, 2.24) is 21.1 Å². The Morgan fingerprint density at radius 2 is 2.15 bits per heavy atom. The van der Waals surface area contributed by atoms with Crippen LogP contribution in [0, 0.1) is 0 Å². The van der Waals surface area contributed by atoms with E-state index in [4.69, 9.17) is 5.21 Å². The number of benzene rings is 2. The van der Waals surface area contributed by atoms with E-state index >= 15 is 0 Å². The molecule has 1 aromatic heterocycles.